The number of carbonyl (C=O) groups excluding carboxylic acids is 2. The van der Waals surface area contributed by atoms with Crippen LogP contribution in [-0.4, -0.2) is 63.0 Å². The number of alkyl carbamates (subject to hydrolysis) is 1. The van der Waals surface area contributed by atoms with Crippen LogP contribution >= 0.6 is 0 Å². The maximum atomic E-state index is 11.7. The van der Waals surface area contributed by atoms with E-state index in [0.717, 1.165) is 38.5 Å². The van der Waals surface area contributed by atoms with E-state index in [1.54, 1.807) is 7.11 Å². The van der Waals surface area contributed by atoms with Crippen LogP contribution < -0.4 is 10.6 Å². The number of amides is 1. The number of ether oxygens (including phenoxy) is 3. The van der Waals surface area contributed by atoms with E-state index in [4.69, 9.17) is 14.2 Å². The third kappa shape index (κ3) is 14.5. The Morgan fingerprint density at radius 2 is 1.74 bits per heavy atom. The summed E-state index contributed by atoms with van der Waals surface area (Å²) in [5.41, 5.74) is -0.564. The van der Waals surface area contributed by atoms with Gasteiger partial charge in [-0.2, -0.15) is 0 Å². The maximum absolute atomic E-state index is 11.7. The fourth-order valence-corrected chi connectivity index (χ4v) is 2.35. The molecule has 0 saturated carbocycles. The minimum atomic E-state index is -0.412. The predicted octanol–water partition coefficient (Wildman–Crippen LogP) is 3.06. The zero-order chi connectivity index (χ0) is 20.8. The zero-order valence-corrected chi connectivity index (χ0v) is 18.1. The van der Waals surface area contributed by atoms with Gasteiger partial charge in [0.15, 0.2) is 0 Å². The van der Waals surface area contributed by atoms with Crippen molar-refractivity contribution >= 4 is 12.4 Å². The van der Waals surface area contributed by atoms with Crippen molar-refractivity contribution in [3.63, 3.8) is 0 Å². The van der Waals surface area contributed by atoms with Gasteiger partial charge in [0.05, 0.1) is 30.5 Å². The highest BCUT2D eigenvalue weighted by atomic mass is 16.6. The van der Waals surface area contributed by atoms with Gasteiger partial charge in [-0.05, 0) is 59.9 Å². The number of likely N-dealkylation sites (N-methyl/N-ethyl adjacent to an activating group) is 1. The van der Waals surface area contributed by atoms with Gasteiger partial charge in [-0.15, -0.1) is 0 Å². The molecular weight excluding hydrogens is 348 g/mol. The van der Waals surface area contributed by atoms with Gasteiger partial charge in [0.2, 0.25) is 0 Å². The predicted molar refractivity (Wildman–Crippen MR) is 107 cm³/mol. The molecule has 7 nitrogen and oxygen atoms in total. The van der Waals surface area contributed by atoms with Crippen molar-refractivity contribution in [2.24, 2.45) is 0 Å². The van der Waals surface area contributed by atoms with Gasteiger partial charge in [0.25, 0.3) is 0 Å². The Kier molecular flexibility index (Phi) is 13.3. The molecule has 0 fully saturated rings. The lowest BCUT2D eigenvalue weighted by atomic mass is 10.0. The Morgan fingerprint density at radius 1 is 1.07 bits per heavy atom. The van der Waals surface area contributed by atoms with Gasteiger partial charge in [0.1, 0.15) is 6.29 Å². The number of carbonyl (C=O) groups is 2. The Morgan fingerprint density at radius 3 is 2.33 bits per heavy atom. The molecule has 7 heteroatoms. The van der Waals surface area contributed by atoms with Crippen LogP contribution in [0.15, 0.2) is 0 Å². The van der Waals surface area contributed by atoms with Crippen molar-refractivity contribution < 1.29 is 23.8 Å². The number of hydrogen-bond donors (Lipinski definition) is 2. The molecule has 0 aromatic rings. The molecule has 0 aromatic heterocycles. The SMILES string of the molecule is CCNC(C=O)CCCCNC(=O)OCCC(C)(C)OCCC(C)(C)OC. The molecule has 0 rings (SSSR count). The fourth-order valence-electron chi connectivity index (χ4n) is 2.35. The van der Waals surface area contributed by atoms with Crippen LogP contribution in [0.25, 0.3) is 0 Å². The van der Waals surface area contributed by atoms with E-state index in [0.29, 0.717) is 26.2 Å². The second-order valence-corrected chi connectivity index (χ2v) is 7.93. The molecule has 0 aliphatic rings. The van der Waals surface area contributed by atoms with Gasteiger partial charge in [-0.25, -0.2) is 4.79 Å². The van der Waals surface area contributed by atoms with Crippen molar-refractivity contribution in [1.29, 1.82) is 0 Å². The van der Waals surface area contributed by atoms with E-state index in [9.17, 15) is 9.59 Å². The van der Waals surface area contributed by atoms with Gasteiger partial charge >= 0.3 is 6.09 Å². The van der Waals surface area contributed by atoms with E-state index in [1.165, 1.54) is 0 Å². The third-order valence-electron chi connectivity index (χ3n) is 4.53. The summed E-state index contributed by atoms with van der Waals surface area (Å²) >= 11 is 0. The quantitative estimate of drug-likeness (QED) is 0.312. The van der Waals surface area contributed by atoms with Crippen molar-refractivity contribution in [1.82, 2.24) is 10.6 Å². The number of nitrogens with one attached hydrogen (secondary N) is 2. The molecule has 0 saturated heterocycles. The van der Waals surface area contributed by atoms with Crippen molar-refractivity contribution in [2.75, 3.05) is 33.4 Å². The first-order valence-corrected chi connectivity index (χ1v) is 9.94. The normalized spacial score (nSPS) is 13.3. The standard InChI is InChI=1S/C20H40N2O5/c1-7-21-17(16-23)10-8-9-13-22-18(24)26-14-11-20(4,5)27-15-12-19(2,3)25-6/h16-17,21H,7-15H2,1-6H3,(H,22,24). The third-order valence-corrected chi connectivity index (χ3v) is 4.53. The lowest BCUT2D eigenvalue weighted by molar-refractivity contribution is -0.109. The highest BCUT2D eigenvalue weighted by Crippen LogP contribution is 2.18. The molecule has 0 bridgehead atoms. The van der Waals surface area contributed by atoms with Gasteiger partial charge in [-0.3, -0.25) is 0 Å². The maximum Gasteiger partial charge on any atom is 0.407 e. The molecule has 160 valence electrons. The molecule has 0 aliphatic heterocycles. The summed E-state index contributed by atoms with van der Waals surface area (Å²) in [5, 5.41) is 5.84. The first-order chi connectivity index (χ1) is 12.7. The van der Waals surface area contributed by atoms with Crippen molar-refractivity contribution in [3.8, 4) is 0 Å². The van der Waals surface area contributed by atoms with Crippen LogP contribution in [0.3, 0.4) is 0 Å². The number of hydrogen-bond acceptors (Lipinski definition) is 6. The van der Waals surface area contributed by atoms with Crippen LogP contribution in [0.5, 0.6) is 0 Å². The summed E-state index contributed by atoms with van der Waals surface area (Å²) in [7, 11) is 1.69. The largest absolute Gasteiger partial charge is 0.449 e. The number of methoxy groups -OCH3 is 1. The highest BCUT2D eigenvalue weighted by Gasteiger charge is 2.22. The molecule has 1 unspecified atom stereocenters. The van der Waals surface area contributed by atoms with E-state index < -0.39 is 6.09 Å². The van der Waals surface area contributed by atoms with E-state index >= 15 is 0 Å². The molecular formula is C20H40N2O5. The van der Waals surface area contributed by atoms with Crippen LogP contribution in [0.2, 0.25) is 0 Å². The van der Waals surface area contributed by atoms with E-state index in [1.807, 2.05) is 34.6 Å². The average molecular weight is 389 g/mol. The summed E-state index contributed by atoms with van der Waals surface area (Å²) in [5.74, 6) is 0. The lowest BCUT2D eigenvalue weighted by Gasteiger charge is -2.28. The van der Waals surface area contributed by atoms with Crippen molar-refractivity contribution in [2.45, 2.75) is 84.0 Å². The minimum Gasteiger partial charge on any atom is -0.449 e. The first-order valence-electron chi connectivity index (χ1n) is 9.94. The molecule has 2 N–H and O–H groups in total. The molecule has 0 radical (unpaired) electrons. The molecule has 0 spiro atoms. The summed E-state index contributed by atoms with van der Waals surface area (Å²) in [6, 6.07) is -0.0985. The fraction of sp³-hybridized carbons (Fsp3) is 0.900. The van der Waals surface area contributed by atoms with Gasteiger partial charge < -0.3 is 29.6 Å². The lowest BCUT2D eigenvalue weighted by Crippen LogP contribution is -2.32. The summed E-state index contributed by atoms with van der Waals surface area (Å²) in [6.45, 7) is 12.2. The Hall–Kier alpha value is -1.18. The minimum absolute atomic E-state index is 0.0985. The summed E-state index contributed by atoms with van der Waals surface area (Å²) < 4.78 is 16.5. The van der Waals surface area contributed by atoms with E-state index in [2.05, 4.69) is 10.6 Å². The van der Waals surface area contributed by atoms with Crippen LogP contribution in [0, 0.1) is 0 Å². The number of aldehydes is 1. The summed E-state index contributed by atoms with van der Waals surface area (Å²) in [4.78, 5) is 22.5. The summed E-state index contributed by atoms with van der Waals surface area (Å²) in [6.07, 6.45) is 4.41. The number of rotatable bonds is 16. The Bertz CT molecular complexity index is 413. The molecule has 1 amide bonds. The molecule has 27 heavy (non-hydrogen) atoms. The average Bonchev–Trinajstić information content (AvgIpc) is 2.60. The first kappa shape index (κ1) is 25.8. The highest BCUT2D eigenvalue weighted by molar-refractivity contribution is 5.67. The van der Waals surface area contributed by atoms with Crippen LogP contribution in [-0.2, 0) is 19.0 Å². The zero-order valence-electron chi connectivity index (χ0n) is 18.1. The van der Waals surface area contributed by atoms with Crippen molar-refractivity contribution in [3.05, 3.63) is 0 Å². The number of unbranched alkanes of at least 4 members (excludes halogenated alkanes) is 1. The van der Waals surface area contributed by atoms with Crippen LogP contribution in [0.4, 0.5) is 4.79 Å². The van der Waals surface area contributed by atoms with Crippen LogP contribution in [0.1, 0.15) is 66.7 Å². The molecule has 1 atom stereocenters. The Labute approximate surface area is 164 Å². The topological polar surface area (TPSA) is 85.9 Å². The monoisotopic (exact) mass is 388 g/mol. The van der Waals surface area contributed by atoms with Gasteiger partial charge in [-0.1, -0.05) is 6.92 Å². The molecule has 0 aliphatic carbocycles. The molecule has 0 heterocycles. The Balaban J connectivity index is 3.78. The second-order valence-electron chi connectivity index (χ2n) is 7.93. The second kappa shape index (κ2) is 13.9. The smallest absolute Gasteiger partial charge is 0.407 e. The van der Waals surface area contributed by atoms with Gasteiger partial charge in [0, 0.05) is 20.1 Å². The molecule has 0 aromatic carbocycles. The van der Waals surface area contributed by atoms with E-state index in [-0.39, 0.29) is 17.2 Å².